The topological polar surface area (TPSA) is 64.6 Å². The van der Waals surface area contributed by atoms with Gasteiger partial charge in [-0.15, -0.1) is 0 Å². The number of amides is 1. The first-order valence-electron chi connectivity index (χ1n) is 4.67. The molecule has 1 aromatic rings. The average Bonchev–Trinajstić information content (AvgIpc) is 2.27. The van der Waals surface area contributed by atoms with Crippen LogP contribution in [0.3, 0.4) is 0 Å². The van der Waals surface area contributed by atoms with Crippen LogP contribution in [0.1, 0.15) is 22.8 Å². The van der Waals surface area contributed by atoms with Crippen molar-refractivity contribution in [1.82, 2.24) is 5.48 Å². The maximum absolute atomic E-state index is 11.1. The molecule has 0 aliphatic rings. The Labute approximate surface area is 93.3 Å². The Morgan fingerprint density at radius 2 is 2.00 bits per heavy atom. The molecule has 0 aromatic heterocycles. The Morgan fingerprint density at radius 1 is 1.31 bits per heavy atom. The third-order valence-corrected chi connectivity index (χ3v) is 2.02. The normalized spacial score (nSPS) is 9.44. The molecule has 0 atom stereocenters. The number of carbonyl (C=O) groups excluding carboxylic acids is 2. The van der Waals surface area contributed by atoms with E-state index in [1.54, 1.807) is 25.1 Å². The first-order valence-corrected chi connectivity index (χ1v) is 4.67. The van der Waals surface area contributed by atoms with Gasteiger partial charge < -0.3 is 9.57 Å². The molecule has 0 aliphatic heterocycles. The number of Topliss-reactive ketones (excluding diaryl/α,β-unsaturated/α-hetero) is 1. The van der Waals surface area contributed by atoms with Crippen LogP contribution in [-0.4, -0.2) is 19.0 Å². The van der Waals surface area contributed by atoms with Crippen LogP contribution in [0.25, 0.3) is 0 Å². The molecule has 0 unspecified atom stereocenters. The number of nitrogens with one attached hydrogen (secondary N) is 1. The Hall–Kier alpha value is -2.04. The molecule has 0 saturated heterocycles. The average molecular weight is 223 g/mol. The quantitative estimate of drug-likeness (QED) is 0.627. The van der Waals surface area contributed by atoms with Gasteiger partial charge in [0.1, 0.15) is 0 Å². The highest BCUT2D eigenvalue weighted by molar-refractivity contribution is 5.94. The molecule has 86 valence electrons. The molecule has 0 radical (unpaired) electrons. The van der Waals surface area contributed by atoms with E-state index in [0.29, 0.717) is 11.3 Å². The largest absolute Gasteiger partial charge is 0.451 e. The molecule has 1 aromatic carbocycles. The van der Waals surface area contributed by atoms with Crippen LogP contribution in [0, 0.1) is 6.92 Å². The third kappa shape index (κ3) is 2.98. The highest BCUT2D eigenvalue weighted by atomic mass is 16.7. The smallest absolute Gasteiger partial charge is 0.440 e. The van der Waals surface area contributed by atoms with E-state index in [4.69, 9.17) is 4.84 Å². The van der Waals surface area contributed by atoms with Crippen molar-refractivity contribution in [1.29, 1.82) is 0 Å². The van der Waals surface area contributed by atoms with Crippen LogP contribution >= 0.6 is 0 Å². The maximum atomic E-state index is 11.1. The molecule has 16 heavy (non-hydrogen) atoms. The zero-order chi connectivity index (χ0) is 12.1. The standard InChI is InChI=1S/C11H13NO4/c1-7-4-5-9(8(2)13)6-10(7)16-12-11(14)15-3/h4-6H,1-3H3,(H,12,14). The number of benzene rings is 1. The van der Waals surface area contributed by atoms with E-state index in [0.717, 1.165) is 5.56 Å². The Balaban J connectivity index is 2.82. The third-order valence-electron chi connectivity index (χ3n) is 2.02. The Kier molecular flexibility index (Phi) is 3.88. The predicted octanol–water partition coefficient (Wildman–Crippen LogP) is 1.85. The molecule has 1 N–H and O–H groups in total. The second-order valence-electron chi connectivity index (χ2n) is 3.23. The van der Waals surface area contributed by atoms with Crippen LogP contribution in [-0.2, 0) is 4.74 Å². The number of hydrogen-bond acceptors (Lipinski definition) is 4. The number of hydrogen-bond donors (Lipinski definition) is 1. The molecule has 5 nitrogen and oxygen atoms in total. The van der Waals surface area contributed by atoms with Crippen LogP contribution in [0.4, 0.5) is 4.79 Å². The van der Waals surface area contributed by atoms with Crippen molar-refractivity contribution in [3.05, 3.63) is 29.3 Å². The number of methoxy groups -OCH3 is 1. The van der Waals surface area contributed by atoms with Crippen LogP contribution in [0.2, 0.25) is 0 Å². The SMILES string of the molecule is COC(=O)NOc1cc(C(C)=O)ccc1C. The number of aryl methyl sites for hydroxylation is 1. The van der Waals surface area contributed by atoms with E-state index in [1.807, 2.05) is 0 Å². The van der Waals surface area contributed by atoms with E-state index in [-0.39, 0.29) is 5.78 Å². The van der Waals surface area contributed by atoms with Gasteiger partial charge in [-0.05, 0) is 25.5 Å². The number of hydroxylamine groups is 1. The lowest BCUT2D eigenvalue weighted by Gasteiger charge is -2.09. The molecule has 0 saturated carbocycles. The minimum atomic E-state index is -0.701. The minimum absolute atomic E-state index is 0.0667. The summed E-state index contributed by atoms with van der Waals surface area (Å²) in [4.78, 5) is 26.9. The highest BCUT2D eigenvalue weighted by Gasteiger charge is 2.07. The lowest BCUT2D eigenvalue weighted by molar-refractivity contribution is 0.101. The van der Waals surface area contributed by atoms with Crippen molar-refractivity contribution < 1.29 is 19.2 Å². The van der Waals surface area contributed by atoms with Gasteiger partial charge in [0.2, 0.25) is 0 Å². The van der Waals surface area contributed by atoms with Gasteiger partial charge in [0.25, 0.3) is 0 Å². The summed E-state index contributed by atoms with van der Waals surface area (Å²) in [5, 5.41) is 0. The minimum Gasteiger partial charge on any atom is -0.451 e. The monoisotopic (exact) mass is 223 g/mol. The molecule has 0 spiro atoms. The van der Waals surface area contributed by atoms with Crippen LogP contribution < -0.4 is 10.3 Å². The Morgan fingerprint density at radius 3 is 2.56 bits per heavy atom. The van der Waals surface area contributed by atoms with E-state index in [2.05, 4.69) is 10.2 Å². The number of rotatable bonds is 3. The first kappa shape index (κ1) is 12.0. The second kappa shape index (κ2) is 5.16. The van der Waals surface area contributed by atoms with Gasteiger partial charge in [-0.2, -0.15) is 5.48 Å². The fourth-order valence-electron chi connectivity index (χ4n) is 1.07. The second-order valence-corrected chi connectivity index (χ2v) is 3.23. The first-order chi connectivity index (χ1) is 7.54. The highest BCUT2D eigenvalue weighted by Crippen LogP contribution is 2.19. The zero-order valence-corrected chi connectivity index (χ0v) is 9.37. The van der Waals surface area contributed by atoms with Gasteiger partial charge in [-0.1, -0.05) is 12.1 Å². The van der Waals surface area contributed by atoms with Gasteiger partial charge in [0, 0.05) is 5.56 Å². The number of ketones is 1. The molecular formula is C11H13NO4. The molecule has 0 aliphatic carbocycles. The molecule has 1 rings (SSSR count). The molecule has 0 fully saturated rings. The van der Waals surface area contributed by atoms with E-state index in [9.17, 15) is 9.59 Å². The van der Waals surface area contributed by atoms with E-state index in [1.165, 1.54) is 14.0 Å². The molecular weight excluding hydrogens is 210 g/mol. The summed E-state index contributed by atoms with van der Waals surface area (Å²) in [5.74, 6) is 0.348. The van der Waals surface area contributed by atoms with Crippen molar-refractivity contribution in [3.63, 3.8) is 0 Å². The van der Waals surface area contributed by atoms with E-state index < -0.39 is 6.09 Å². The summed E-state index contributed by atoms with van der Waals surface area (Å²) in [5.41, 5.74) is 3.41. The van der Waals surface area contributed by atoms with Gasteiger partial charge in [0.15, 0.2) is 11.5 Å². The number of ether oxygens (including phenoxy) is 1. The lowest BCUT2D eigenvalue weighted by Crippen LogP contribution is -2.26. The summed E-state index contributed by atoms with van der Waals surface area (Å²) < 4.78 is 4.35. The fraction of sp³-hybridized carbons (Fsp3) is 0.273. The lowest BCUT2D eigenvalue weighted by atomic mass is 10.1. The van der Waals surface area contributed by atoms with Gasteiger partial charge >= 0.3 is 6.09 Å². The van der Waals surface area contributed by atoms with Crippen molar-refractivity contribution in [2.45, 2.75) is 13.8 Å². The maximum Gasteiger partial charge on any atom is 0.440 e. The summed E-state index contributed by atoms with van der Waals surface area (Å²) >= 11 is 0. The number of carbonyl (C=O) groups is 2. The van der Waals surface area contributed by atoms with E-state index >= 15 is 0 Å². The Bertz CT molecular complexity index is 414. The van der Waals surface area contributed by atoms with Crippen molar-refractivity contribution in [3.8, 4) is 5.75 Å². The van der Waals surface area contributed by atoms with Gasteiger partial charge in [-0.25, -0.2) is 4.79 Å². The summed E-state index contributed by atoms with van der Waals surface area (Å²) in [6.45, 7) is 3.26. The molecule has 1 amide bonds. The predicted molar refractivity (Wildman–Crippen MR) is 57.4 cm³/mol. The van der Waals surface area contributed by atoms with Gasteiger partial charge in [-0.3, -0.25) is 4.79 Å². The van der Waals surface area contributed by atoms with Crippen LogP contribution in [0.15, 0.2) is 18.2 Å². The van der Waals surface area contributed by atoms with Crippen molar-refractivity contribution in [2.24, 2.45) is 0 Å². The molecule has 5 heteroatoms. The molecule has 0 heterocycles. The summed E-state index contributed by atoms with van der Waals surface area (Å²) in [6.07, 6.45) is -0.701. The fourth-order valence-corrected chi connectivity index (χ4v) is 1.07. The van der Waals surface area contributed by atoms with Crippen LogP contribution in [0.5, 0.6) is 5.75 Å². The zero-order valence-electron chi connectivity index (χ0n) is 9.37. The van der Waals surface area contributed by atoms with Gasteiger partial charge in [0.05, 0.1) is 7.11 Å². The molecule has 0 bridgehead atoms. The summed E-state index contributed by atoms with van der Waals surface area (Å²) in [6, 6.07) is 5.00. The van der Waals surface area contributed by atoms with Crippen molar-refractivity contribution >= 4 is 11.9 Å². The van der Waals surface area contributed by atoms with Crippen molar-refractivity contribution in [2.75, 3.05) is 7.11 Å². The summed E-state index contributed by atoms with van der Waals surface area (Å²) in [7, 11) is 1.23.